The Kier molecular flexibility index (Phi) is 8.38. The summed E-state index contributed by atoms with van der Waals surface area (Å²) >= 11 is 0. The van der Waals surface area contributed by atoms with E-state index in [2.05, 4.69) is 56.3 Å². The zero-order valence-corrected chi connectivity index (χ0v) is 21.0. The molecule has 2 aliphatic carbocycles. The first kappa shape index (κ1) is 23.4. The van der Waals surface area contributed by atoms with Gasteiger partial charge in [-0.15, -0.1) is 0 Å². The normalized spacial score (nSPS) is 22.2. The second-order valence-corrected chi connectivity index (χ2v) is 15.2. The molecule has 1 aromatic carbocycles. The van der Waals surface area contributed by atoms with Gasteiger partial charge in [-0.1, -0.05) is 70.7 Å². The number of rotatable bonds is 6. The molecule has 2 atom stereocenters. The lowest BCUT2D eigenvalue weighted by atomic mass is 9.99. The average molecular weight is 436 g/mol. The molecule has 2 aliphatic rings. The van der Waals surface area contributed by atoms with Gasteiger partial charge in [-0.3, -0.25) is 0 Å². The van der Waals surface area contributed by atoms with Crippen LogP contribution in [-0.2, 0) is 11.0 Å². The van der Waals surface area contributed by atoms with Crippen molar-refractivity contribution in [3.63, 3.8) is 0 Å². The third-order valence-corrected chi connectivity index (χ3v) is 12.4. The van der Waals surface area contributed by atoms with E-state index < -0.39 is 11.0 Å². The summed E-state index contributed by atoms with van der Waals surface area (Å²) in [4.78, 5) is 0. The summed E-state index contributed by atoms with van der Waals surface area (Å²) < 4.78 is 15.0. The van der Waals surface area contributed by atoms with Gasteiger partial charge in [0.25, 0.3) is 0 Å². The highest BCUT2D eigenvalue weighted by Crippen LogP contribution is 2.55. The van der Waals surface area contributed by atoms with Crippen molar-refractivity contribution in [2.24, 2.45) is 0 Å². The van der Waals surface area contributed by atoms with Gasteiger partial charge >= 0.3 is 0 Å². The predicted molar refractivity (Wildman–Crippen MR) is 131 cm³/mol. The van der Waals surface area contributed by atoms with Gasteiger partial charge in [0.1, 0.15) is 0 Å². The lowest BCUT2D eigenvalue weighted by Gasteiger charge is -2.41. The van der Waals surface area contributed by atoms with E-state index >= 15 is 0 Å². The molecule has 2 nitrogen and oxygen atoms in total. The molecule has 0 radical (unpaired) electrons. The molecule has 2 saturated carbocycles. The van der Waals surface area contributed by atoms with Crippen LogP contribution in [0, 0.1) is 0 Å². The predicted octanol–water partition coefficient (Wildman–Crippen LogP) is 6.91. The fourth-order valence-electron chi connectivity index (χ4n) is 5.26. The molecule has 0 spiro atoms. The van der Waals surface area contributed by atoms with E-state index in [1.54, 1.807) is 5.30 Å². The maximum atomic E-state index is 13.1. The SMILES string of the molecule is CC(c1ccccc1P(C1CCCCC1)C1CCCCC1)N(C)S(=O)C(C)(C)C. The average Bonchev–Trinajstić information content (AvgIpc) is 2.73. The molecule has 0 amide bonds. The van der Waals surface area contributed by atoms with Crippen molar-refractivity contribution in [1.82, 2.24) is 4.31 Å². The van der Waals surface area contributed by atoms with Crippen LogP contribution in [0.3, 0.4) is 0 Å². The Morgan fingerprint density at radius 2 is 1.41 bits per heavy atom. The standard InChI is InChI=1S/C25H42NOPS/c1-20(26(5)29(27)25(2,3)4)23-18-12-13-19-24(23)28(21-14-8-6-9-15-21)22-16-10-7-11-17-22/h12-13,18-22H,6-11,14-17H2,1-5H3. The molecule has 4 heteroatoms. The lowest BCUT2D eigenvalue weighted by molar-refractivity contribution is 0.418. The molecule has 0 heterocycles. The minimum Gasteiger partial charge on any atom is -0.242 e. The molecule has 2 unspecified atom stereocenters. The van der Waals surface area contributed by atoms with Crippen LogP contribution in [0.2, 0.25) is 0 Å². The minimum absolute atomic E-state index is 0.143. The Balaban J connectivity index is 1.95. The Bertz CT molecular complexity index is 656. The lowest BCUT2D eigenvalue weighted by Crippen LogP contribution is -2.38. The molecule has 0 bridgehead atoms. The molecule has 0 aromatic heterocycles. The largest absolute Gasteiger partial charge is 0.242 e. The summed E-state index contributed by atoms with van der Waals surface area (Å²) in [6.45, 7) is 8.50. The zero-order chi connectivity index (χ0) is 21.0. The number of benzene rings is 1. The summed E-state index contributed by atoms with van der Waals surface area (Å²) in [7, 11) is 0.902. The van der Waals surface area contributed by atoms with Crippen molar-refractivity contribution < 1.29 is 4.21 Å². The molecular weight excluding hydrogens is 393 g/mol. The second kappa shape index (κ2) is 10.4. The molecule has 2 fully saturated rings. The van der Waals surface area contributed by atoms with Crippen LogP contribution in [0.15, 0.2) is 24.3 Å². The maximum Gasteiger partial charge on any atom is 0.1000 e. The molecule has 1 aromatic rings. The van der Waals surface area contributed by atoms with Crippen molar-refractivity contribution in [1.29, 1.82) is 0 Å². The van der Waals surface area contributed by atoms with Crippen LogP contribution in [-0.4, -0.2) is 31.6 Å². The van der Waals surface area contributed by atoms with Gasteiger partial charge in [0, 0.05) is 13.1 Å². The quantitative estimate of drug-likeness (QED) is 0.444. The van der Waals surface area contributed by atoms with Crippen LogP contribution < -0.4 is 5.30 Å². The van der Waals surface area contributed by atoms with Gasteiger partial charge in [-0.05, 0) is 75.6 Å². The van der Waals surface area contributed by atoms with Crippen LogP contribution in [0.1, 0.15) is 104 Å². The van der Waals surface area contributed by atoms with Gasteiger partial charge in [0.15, 0.2) is 0 Å². The molecule has 164 valence electrons. The van der Waals surface area contributed by atoms with Crippen LogP contribution in [0.25, 0.3) is 0 Å². The van der Waals surface area contributed by atoms with E-state index in [0.29, 0.717) is 0 Å². The fourth-order valence-corrected chi connectivity index (χ4v) is 10.6. The number of nitrogens with zero attached hydrogens (tertiary/aromatic N) is 1. The third kappa shape index (κ3) is 5.72. The van der Waals surface area contributed by atoms with Crippen molar-refractivity contribution in [3.05, 3.63) is 29.8 Å². The summed E-state index contributed by atoms with van der Waals surface area (Å²) in [5.41, 5.74) is 3.23. The highest BCUT2D eigenvalue weighted by Gasteiger charge is 2.35. The first-order valence-corrected chi connectivity index (χ1v) is 14.4. The van der Waals surface area contributed by atoms with Crippen molar-refractivity contribution in [2.45, 2.75) is 114 Å². The zero-order valence-electron chi connectivity index (χ0n) is 19.3. The smallest absolute Gasteiger partial charge is 0.1000 e. The highest BCUT2D eigenvalue weighted by molar-refractivity contribution is 7.84. The Morgan fingerprint density at radius 1 is 0.931 bits per heavy atom. The van der Waals surface area contributed by atoms with Gasteiger partial charge in [-0.25, -0.2) is 8.51 Å². The summed E-state index contributed by atoms with van der Waals surface area (Å²) in [5.74, 6) is 0. The maximum absolute atomic E-state index is 13.1. The van der Waals surface area contributed by atoms with Gasteiger partial charge in [0.05, 0.1) is 15.7 Å². The van der Waals surface area contributed by atoms with Crippen molar-refractivity contribution in [3.8, 4) is 0 Å². The minimum atomic E-state index is -1.00. The Hall–Kier alpha value is -0.240. The summed E-state index contributed by atoms with van der Waals surface area (Å²) in [6.07, 6.45) is 14.2. The second-order valence-electron chi connectivity index (χ2n) is 10.1. The molecule has 0 N–H and O–H groups in total. The number of hydrogen-bond acceptors (Lipinski definition) is 1. The van der Waals surface area contributed by atoms with E-state index in [1.165, 1.54) is 69.8 Å². The fraction of sp³-hybridized carbons (Fsp3) is 0.760. The van der Waals surface area contributed by atoms with Gasteiger partial charge in [0.2, 0.25) is 0 Å². The topological polar surface area (TPSA) is 20.3 Å². The Morgan fingerprint density at radius 3 is 1.90 bits per heavy atom. The molecular formula is C25H42NOPS. The molecule has 0 aliphatic heterocycles. The van der Waals surface area contributed by atoms with E-state index in [9.17, 15) is 4.21 Å². The van der Waals surface area contributed by atoms with E-state index in [4.69, 9.17) is 0 Å². The van der Waals surface area contributed by atoms with Crippen molar-refractivity contribution in [2.75, 3.05) is 7.05 Å². The van der Waals surface area contributed by atoms with Crippen LogP contribution in [0.5, 0.6) is 0 Å². The monoisotopic (exact) mass is 435 g/mol. The van der Waals surface area contributed by atoms with Crippen molar-refractivity contribution >= 4 is 24.2 Å². The van der Waals surface area contributed by atoms with E-state index in [-0.39, 0.29) is 18.7 Å². The molecule has 0 saturated heterocycles. The first-order chi connectivity index (χ1) is 13.8. The Labute approximate surface area is 183 Å². The third-order valence-electron chi connectivity index (χ3n) is 6.93. The number of hydrogen-bond donors (Lipinski definition) is 0. The summed E-state index contributed by atoms with van der Waals surface area (Å²) in [6, 6.07) is 9.40. The molecule has 29 heavy (non-hydrogen) atoms. The van der Waals surface area contributed by atoms with E-state index in [1.807, 2.05) is 7.05 Å². The summed E-state index contributed by atoms with van der Waals surface area (Å²) in [5, 5.41) is 1.63. The van der Waals surface area contributed by atoms with Gasteiger partial charge < -0.3 is 0 Å². The first-order valence-electron chi connectivity index (χ1n) is 11.8. The van der Waals surface area contributed by atoms with Crippen LogP contribution in [0.4, 0.5) is 0 Å². The highest BCUT2D eigenvalue weighted by atomic mass is 32.2. The van der Waals surface area contributed by atoms with Gasteiger partial charge in [-0.2, -0.15) is 0 Å². The van der Waals surface area contributed by atoms with E-state index in [0.717, 1.165) is 11.3 Å². The molecule has 3 rings (SSSR count). The van der Waals surface area contributed by atoms with Crippen LogP contribution >= 0.6 is 7.92 Å².